The molecule has 1 rings (SSSR count). The van der Waals surface area contributed by atoms with E-state index in [-0.39, 0.29) is 5.91 Å². The van der Waals surface area contributed by atoms with Crippen molar-refractivity contribution in [3.05, 3.63) is 29.6 Å². The first kappa shape index (κ1) is 12.6. The fourth-order valence-corrected chi connectivity index (χ4v) is 1.53. The molecule has 0 bridgehead atoms. The third-order valence-corrected chi connectivity index (χ3v) is 2.27. The quantitative estimate of drug-likeness (QED) is 0.798. The smallest absolute Gasteiger partial charge is 0.255 e. The lowest BCUT2D eigenvalue weighted by atomic mass is 10.2. The number of hydrogen-bond acceptors (Lipinski definition) is 3. The van der Waals surface area contributed by atoms with Crippen LogP contribution in [0.15, 0.2) is 18.5 Å². The van der Waals surface area contributed by atoms with Crippen molar-refractivity contribution in [1.29, 1.82) is 0 Å². The van der Waals surface area contributed by atoms with E-state index in [1.165, 1.54) is 0 Å². The Bertz CT molecular complexity index is 406. The highest BCUT2D eigenvalue weighted by atomic mass is 32.1. The summed E-state index contributed by atoms with van der Waals surface area (Å²) in [6, 6.07) is 1.80. The number of amides is 1. The summed E-state index contributed by atoms with van der Waals surface area (Å²) in [5.41, 5.74) is 6.96. The number of carbonyl (C=O) groups is 1. The zero-order chi connectivity index (χ0) is 12.1. The van der Waals surface area contributed by atoms with Crippen molar-refractivity contribution in [3.63, 3.8) is 0 Å². The second kappa shape index (κ2) is 5.55. The first-order valence-electron chi connectivity index (χ1n) is 5.03. The number of hydrogen-bond donors (Lipinski definition) is 1. The van der Waals surface area contributed by atoms with Crippen molar-refractivity contribution in [2.75, 3.05) is 13.1 Å². The molecule has 2 N–H and O–H groups in total. The van der Waals surface area contributed by atoms with Gasteiger partial charge in [0.1, 0.15) is 0 Å². The van der Waals surface area contributed by atoms with Crippen molar-refractivity contribution in [2.24, 2.45) is 5.73 Å². The van der Waals surface area contributed by atoms with Gasteiger partial charge < -0.3 is 10.6 Å². The Hall–Kier alpha value is -1.49. The van der Waals surface area contributed by atoms with Gasteiger partial charge >= 0.3 is 0 Å². The molecular weight excluding hydrogens is 222 g/mol. The zero-order valence-corrected chi connectivity index (χ0v) is 10.3. The maximum Gasteiger partial charge on any atom is 0.255 e. The van der Waals surface area contributed by atoms with Crippen molar-refractivity contribution >= 4 is 23.1 Å². The van der Waals surface area contributed by atoms with E-state index in [2.05, 4.69) is 4.98 Å². The summed E-state index contributed by atoms with van der Waals surface area (Å²) in [7, 11) is 0. The lowest BCUT2D eigenvalue weighted by molar-refractivity contribution is 0.0787. The first-order valence-corrected chi connectivity index (χ1v) is 5.44. The number of rotatable bonds is 4. The van der Waals surface area contributed by atoms with Gasteiger partial charge in [-0.15, -0.1) is 0 Å². The molecule has 4 nitrogen and oxygen atoms in total. The fraction of sp³-hybridized carbons (Fsp3) is 0.364. The predicted octanol–water partition coefficient (Wildman–Crippen LogP) is 1.14. The van der Waals surface area contributed by atoms with Crippen LogP contribution >= 0.6 is 12.2 Å². The average Bonchev–Trinajstić information content (AvgIpc) is 2.24. The topological polar surface area (TPSA) is 59.2 Å². The van der Waals surface area contributed by atoms with E-state index in [4.69, 9.17) is 18.0 Å². The van der Waals surface area contributed by atoms with Crippen LogP contribution in [0.3, 0.4) is 0 Å². The number of thiocarbonyl (C=S) groups is 1. The largest absolute Gasteiger partial charge is 0.392 e. The molecule has 1 aromatic rings. The van der Waals surface area contributed by atoms with E-state index in [0.29, 0.717) is 23.6 Å². The molecule has 0 aromatic carbocycles. The summed E-state index contributed by atoms with van der Waals surface area (Å²) in [5.74, 6) is -0.0912. The van der Waals surface area contributed by atoms with Gasteiger partial charge in [0.05, 0.1) is 17.1 Å². The SMILES string of the molecule is CCN(CC(N)=S)C(=O)c1cncc(C)c1. The van der Waals surface area contributed by atoms with E-state index < -0.39 is 0 Å². The standard InChI is InChI=1S/C11H15N3OS/c1-3-14(7-10(12)16)11(15)9-4-8(2)5-13-6-9/h4-6H,3,7H2,1-2H3,(H2,12,16). The van der Waals surface area contributed by atoms with Crippen LogP contribution in [0.2, 0.25) is 0 Å². The molecule has 0 saturated heterocycles. The number of carbonyl (C=O) groups excluding carboxylic acids is 1. The van der Waals surface area contributed by atoms with Gasteiger partial charge in [-0.1, -0.05) is 12.2 Å². The molecule has 1 heterocycles. The summed E-state index contributed by atoms with van der Waals surface area (Å²) in [5, 5.41) is 0. The fourth-order valence-electron chi connectivity index (χ4n) is 1.37. The van der Waals surface area contributed by atoms with Gasteiger partial charge in [-0.25, -0.2) is 0 Å². The van der Waals surface area contributed by atoms with Crippen LogP contribution in [0, 0.1) is 6.92 Å². The minimum atomic E-state index is -0.0912. The Balaban J connectivity index is 2.86. The van der Waals surface area contributed by atoms with E-state index in [0.717, 1.165) is 5.56 Å². The minimum absolute atomic E-state index is 0.0912. The van der Waals surface area contributed by atoms with Crippen molar-refractivity contribution in [3.8, 4) is 0 Å². The Morgan fingerprint density at radius 3 is 2.75 bits per heavy atom. The summed E-state index contributed by atoms with van der Waals surface area (Å²) in [4.78, 5) is 17.9. The van der Waals surface area contributed by atoms with Crippen LogP contribution in [0.25, 0.3) is 0 Å². The van der Waals surface area contributed by atoms with Gasteiger partial charge in [-0.3, -0.25) is 9.78 Å². The van der Waals surface area contributed by atoms with Crippen LogP contribution in [0.4, 0.5) is 0 Å². The summed E-state index contributed by atoms with van der Waals surface area (Å²) < 4.78 is 0. The normalized spacial score (nSPS) is 9.88. The third kappa shape index (κ3) is 3.27. The van der Waals surface area contributed by atoms with Gasteiger partial charge in [-0.05, 0) is 25.5 Å². The molecular formula is C11H15N3OS. The number of pyridine rings is 1. The molecule has 0 spiro atoms. The molecule has 0 saturated carbocycles. The molecule has 0 aliphatic carbocycles. The molecule has 5 heteroatoms. The Morgan fingerprint density at radius 1 is 1.56 bits per heavy atom. The highest BCUT2D eigenvalue weighted by Crippen LogP contribution is 2.05. The van der Waals surface area contributed by atoms with Gasteiger partial charge in [0.15, 0.2) is 0 Å². The number of aromatic nitrogens is 1. The third-order valence-electron chi connectivity index (χ3n) is 2.14. The van der Waals surface area contributed by atoms with Crippen LogP contribution in [-0.4, -0.2) is 33.9 Å². The van der Waals surface area contributed by atoms with Crippen molar-refractivity contribution in [2.45, 2.75) is 13.8 Å². The van der Waals surface area contributed by atoms with E-state index in [1.54, 1.807) is 23.4 Å². The highest BCUT2D eigenvalue weighted by Gasteiger charge is 2.14. The van der Waals surface area contributed by atoms with Gasteiger partial charge in [0.2, 0.25) is 0 Å². The highest BCUT2D eigenvalue weighted by molar-refractivity contribution is 7.80. The Labute approximate surface area is 100 Å². The molecule has 0 radical (unpaired) electrons. The molecule has 0 unspecified atom stereocenters. The zero-order valence-electron chi connectivity index (χ0n) is 9.43. The summed E-state index contributed by atoms with van der Waals surface area (Å²) in [6.07, 6.45) is 3.26. The Kier molecular flexibility index (Phi) is 4.37. The molecule has 0 aliphatic rings. The molecule has 1 aromatic heterocycles. The van der Waals surface area contributed by atoms with Gasteiger partial charge in [0.25, 0.3) is 5.91 Å². The van der Waals surface area contributed by atoms with E-state index in [9.17, 15) is 4.79 Å². The van der Waals surface area contributed by atoms with E-state index in [1.807, 2.05) is 13.8 Å². The van der Waals surface area contributed by atoms with Crippen LogP contribution < -0.4 is 5.73 Å². The lowest BCUT2D eigenvalue weighted by Gasteiger charge is -2.19. The molecule has 16 heavy (non-hydrogen) atoms. The number of nitrogens with two attached hydrogens (primary N) is 1. The minimum Gasteiger partial charge on any atom is -0.392 e. The second-order valence-electron chi connectivity index (χ2n) is 3.54. The molecule has 0 aliphatic heterocycles. The first-order chi connectivity index (χ1) is 7.54. The molecule has 0 fully saturated rings. The van der Waals surface area contributed by atoms with Crippen molar-refractivity contribution < 1.29 is 4.79 Å². The lowest BCUT2D eigenvalue weighted by Crippen LogP contribution is -2.37. The molecule has 1 amide bonds. The second-order valence-corrected chi connectivity index (χ2v) is 4.06. The number of likely N-dealkylation sites (N-methyl/N-ethyl adjacent to an activating group) is 1. The number of aryl methyl sites for hydroxylation is 1. The predicted molar refractivity (Wildman–Crippen MR) is 67.3 cm³/mol. The van der Waals surface area contributed by atoms with E-state index >= 15 is 0 Å². The van der Waals surface area contributed by atoms with Crippen LogP contribution in [-0.2, 0) is 0 Å². The average molecular weight is 237 g/mol. The summed E-state index contributed by atoms with van der Waals surface area (Å²) >= 11 is 4.80. The monoisotopic (exact) mass is 237 g/mol. The maximum absolute atomic E-state index is 12.0. The molecule has 0 atom stereocenters. The Morgan fingerprint density at radius 2 is 2.25 bits per heavy atom. The van der Waals surface area contributed by atoms with Crippen LogP contribution in [0.1, 0.15) is 22.8 Å². The van der Waals surface area contributed by atoms with Gasteiger partial charge in [-0.2, -0.15) is 0 Å². The molecule has 86 valence electrons. The van der Waals surface area contributed by atoms with Crippen molar-refractivity contribution in [1.82, 2.24) is 9.88 Å². The maximum atomic E-state index is 12.0. The summed E-state index contributed by atoms with van der Waals surface area (Å²) in [6.45, 7) is 4.66. The number of nitrogens with zero attached hydrogens (tertiary/aromatic N) is 2. The van der Waals surface area contributed by atoms with Crippen LogP contribution in [0.5, 0.6) is 0 Å². The van der Waals surface area contributed by atoms with Gasteiger partial charge in [0, 0.05) is 18.9 Å².